The Morgan fingerprint density at radius 2 is 1.84 bits per heavy atom. The molecule has 1 aromatic carbocycles. The van der Waals surface area contributed by atoms with Crippen LogP contribution in [0.5, 0.6) is 0 Å². The summed E-state index contributed by atoms with van der Waals surface area (Å²) in [6.45, 7) is 4.57. The van der Waals surface area contributed by atoms with E-state index in [9.17, 15) is 4.39 Å². The lowest BCUT2D eigenvalue weighted by molar-refractivity contribution is 0.130. The summed E-state index contributed by atoms with van der Waals surface area (Å²) in [5.74, 6) is -0.220. The molecule has 0 saturated carbocycles. The Kier molecular flexibility index (Phi) is 5.07. The number of nitrogens with zero attached hydrogens (tertiary/aromatic N) is 2. The second kappa shape index (κ2) is 6.79. The van der Waals surface area contributed by atoms with Gasteiger partial charge in [0.15, 0.2) is 5.11 Å². The van der Waals surface area contributed by atoms with E-state index in [1.165, 1.54) is 12.1 Å². The van der Waals surface area contributed by atoms with Crippen molar-refractivity contribution in [2.45, 2.75) is 6.54 Å². The van der Waals surface area contributed by atoms with Crippen LogP contribution in [-0.2, 0) is 6.54 Å². The second-order valence-electron chi connectivity index (χ2n) is 4.71. The molecule has 0 amide bonds. The molecule has 6 heteroatoms. The number of hydrogen-bond donors (Lipinski definition) is 2. The first-order valence-corrected chi connectivity index (χ1v) is 6.77. The van der Waals surface area contributed by atoms with Gasteiger partial charge in [-0.25, -0.2) is 9.40 Å². The third-order valence-corrected chi connectivity index (χ3v) is 3.36. The fourth-order valence-electron chi connectivity index (χ4n) is 1.89. The topological polar surface area (TPSA) is 30.5 Å². The number of thiocarbonyl (C=S) groups is 1. The van der Waals surface area contributed by atoms with Gasteiger partial charge in [-0.3, -0.25) is 5.43 Å². The molecule has 4 nitrogen and oxygen atoms in total. The van der Waals surface area contributed by atoms with Crippen molar-refractivity contribution >= 4 is 17.3 Å². The molecule has 1 aromatic rings. The normalized spacial score (nSPS) is 17.2. The Morgan fingerprint density at radius 3 is 2.47 bits per heavy atom. The molecular weight excluding hydrogens is 263 g/mol. The second-order valence-corrected chi connectivity index (χ2v) is 5.12. The van der Waals surface area contributed by atoms with Crippen molar-refractivity contribution in [3.05, 3.63) is 35.6 Å². The van der Waals surface area contributed by atoms with Crippen molar-refractivity contribution in [2.24, 2.45) is 0 Å². The lowest BCUT2D eigenvalue weighted by atomic mass is 10.2. The van der Waals surface area contributed by atoms with E-state index in [1.54, 1.807) is 12.1 Å². The van der Waals surface area contributed by atoms with Gasteiger partial charge < -0.3 is 10.2 Å². The Morgan fingerprint density at radius 1 is 1.21 bits per heavy atom. The van der Waals surface area contributed by atoms with E-state index >= 15 is 0 Å². The minimum atomic E-state index is -0.220. The van der Waals surface area contributed by atoms with Crippen LogP contribution in [0, 0.1) is 5.82 Å². The van der Waals surface area contributed by atoms with E-state index in [0.29, 0.717) is 11.7 Å². The Balaban J connectivity index is 1.71. The summed E-state index contributed by atoms with van der Waals surface area (Å²) >= 11 is 5.24. The lowest BCUT2D eigenvalue weighted by Crippen LogP contribution is -2.54. The fraction of sp³-hybridized carbons (Fsp3) is 0.462. The van der Waals surface area contributed by atoms with E-state index < -0.39 is 0 Å². The molecule has 0 aromatic heterocycles. The molecule has 0 bridgehead atoms. The molecule has 2 rings (SSSR count). The number of halogens is 1. The van der Waals surface area contributed by atoms with Gasteiger partial charge in [-0.15, -0.1) is 0 Å². The van der Waals surface area contributed by atoms with E-state index in [2.05, 4.69) is 27.7 Å². The predicted molar refractivity (Wildman–Crippen MR) is 78.0 cm³/mol. The zero-order valence-electron chi connectivity index (χ0n) is 11.0. The lowest BCUT2D eigenvalue weighted by Gasteiger charge is -2.33. The summed E-state index contributed by atoms with van der Waals surface area (Å²) < 4.78 is 12.8. The number of hydrazine groups is 1. The van der Waals surface area contributed by atoms with Gasteiger partial charge in [0.1, 0.15) is 5.82 Å². The third kappa shape index (κ3) is 4.74. The van der Waals surface area contributed by atoms with Gasteiger partial charge in [0.05, 0.1) is 0 Å². The van der Waals surface area contributed by atoms with Crippen LogP contribution in [0.15, 0.2) is 24.3 Å². The molecule has 0 atom stereocenters. The maximum atomic E-state index is 12.8. The minimum absolute atomic E-state index is 0.220. The van der Waals surface area contributed by atoms with Gasteiger partial charge in [-0.2, -0.15) is 0 Å². The van der Waals surface area contributed by atoms with Crippen LogP contribution in [0.3, 0.4) is 0 Å². The molecule has 19 heavy (non-hydrogen) atoms. The molecule has 0 radical (unpaired) electrons. The summed E-state index contributed by atoms with van der Waals surface area (Å²) in [6, 6.07) is 6.41. The Bertz CT molecular complexity index is 415. The highest BCUT2D eigenvalue weighted by molar-refractivity contribution is 7.80. The zero-order valence-corrected chi connectivity index (χ0v) is 11.8. The van der Waals surface area contributed by atoms with Gasteiger partial charge >= 0.3 is 0 Å². The quantitative estimate of drug-likeness (QED) is 0.806. The molecule has 0 unspecified atom stereocenters. The SMILES string of the molecule is CN1CCN(NC(=S)NCc2ccc(F)cc2)CC1. The highest BCUT2D eigenvalue weighted by Crippen LogP contribution is 2.02. The highest BCUT2D eigenvalue weighted by atomic mass is 32.1. The van der Waals surface area contributed by atoms with Gasteiger partial charge in [-0.05, 0) is 37.0 Å². The standard InChI is InChI=1S/C13H19FN4S/c1-17-6-8-18(9-7-17)16-13(19)15-10-11-2-4-12(14)5-3-11/h2-5H,6-10H2,1H3,(H2,15,16,19). The first kappa shape index (κ1) is 14.2. The van der Waals surface area contributed by atoms with Crippen molar-refractivity contribution in [2.75, 3.05) is 33.2 Å². The van der Waals surface area contributed by atoms with Crippen LogP contribution in [0.2, 0.25) is 0 Å². The van der Waals surface area contributed by atoms with Crippen LogP contribution in [0.4, 0.5) is 4.39 Å². The molecule has 0 spiro atoms. The number of nitrogens with one attached hydrogen (secondary N) is 2. The maximum Gasteiger partial charge on any atom is 0.181 e. The average Bonchev–Trinajstić information content (AvgIpc) is 2.41. The molecule has 0 aliphatic carbocycles. The highest BCUT2D eigenvalue weighted by Gasteiger charge is 2.13. The molecule has 1 heterocycles. The van der Waals surface area contributed by atoms with Crippen molar-refractivity contribution in [3.8, 4) is 0 Å². The number of hydrogen-bond acceptors (Lipinski definition) is 3. The summed E-state index contributed by atoms with van der Waals surface area (Å²) in [6.07, 6.45) is 0. The van der Waals surface area contributed by atoms with E-state index in [0.717, 1.165) is 31.7 Å². The molecule has 1 aliphatic rings. The zero-order chi connectivity index (χ0) is 13.7. The molecule has 1 aliphatic heterocycles. The monoisotopic (exact) mass is 282 g/mol. The fourth-order valence-corrected chi connectivity index (χ4v) is 2.09. The average molecular weight is 282 g/mol. The van der Waals surface area contributed by atoms with Gasteiger partial charge in [0.25, 0.3) is 0 Å². The Hall–Kier alpha value is -1.24. The van der Waals surface area contributed by atoms with Gasteiger partial charge in [0.2, 0.25) is 0 Å². The summed E-state index contributed by atoms with van der Waals surface area (Å²) in [7, 11) is 2.11. The minimum Gasteiger partial charge on any atom is -0.358 e. The summed E-state index contributed by atoms with van der Waals surface area (Å²) in [5.41, 5.74) is 4.18. The van der Waals surface area contributed by atoms with Crippen molar-refractivity contribution < 1.29 is 4.39 Å². The number of likely N-dealkylation sites (N-methyl/N-ethyl adjacent to an activating group) is 1. The largest absolute Gasteiger partial charge is 0.358 e. The molecular formula is C13H19FN4S. The van der Waals surface area contributed by atoms with E-state index in [1.807, 2.05) is 0 Å². The first-order chi connectivity index (χ1) is 9.13. The van der Waals surface area contributed by atoms with Crippen molar-refractivity contribution in [3.63, 3.8) is 0 Å². The van der Waals surface area contributed by atoms with Crippen molar-refractivity contribution in [1.82, 2.24) is 20.7 Å². The van der Waals surface area contributed by atoms with E-state index in [4.69, 9.17) is 12.2 Å². The molecule has 104 valence electrons. The molecule has 1 fully saturated rings. The molecule has 2 N–H and O–H groups in total. The van der Waals surface area contributed by atoms with Crippen LogP contribution in [0.1, 0.15) is 5.56 Å². The summed E-state index contributed by atoms with van der Waals surface area (Å²) in [4.78, 5) is 2.28. The van der Waals surface area contributed by atoms with Crippen LogP contribution in [-0.4, -0.2) is 48.2 Å². The van der Waals surface area contributed by atoms with Crippen LogP contribution >= 0.6 is 12.2 Å². The number of rotatable bonds is 3. The van der Waals surface area contributed by atoms with Gasteiger partial charge in [-0.1, -0.05) is 12.1 Å². The summed E-state index contributed by atoms with van der Waals surface area (Å²) in [5, 5.41) is 5.84. The predicted octanol–water partition coefficient (Wildman–Crippen LogP) is 0.952. The maximum absolute atomic E-state index is 12.8. The van der Waals surface area contributed by atoms with Crippen molar-refractivity contribution in [1.29, 1.82) is 0 Å². The van der Waals surface area contributed by atoms with Crippen LogP contribution < -0.4 is 10.7 Å². The molecule has 1 saturated heterocycles. The third-order valence-electron chi connectivity index (χ3n) is 3.13. The van der Waals surface area contributed by atoms with E-state index in [-0.39, 0.29) is 5.82 Å². The number of benzene rings is 1. The van der Waals surface area contributed by atoms with Gasteiger partial charge in [0, 0.05) is 32.7 Å². The smallest absolute Gasteiger partial charge is 0.181 e. The number of piperazine rings is 1. The first-order valence-electron chi connectivity index (χ1n) is 6.36. The van der Waals surface area contributed by atoms with Crippen LogP contribution in [0.25, 0.3) is 0 Å². The Labute approximate surface area is 118 Å².